The predicted octanol–water partition coefficient (Wildman–Crippen LogP) is 1.22. The fourth-order valence-electron chi connectivity index (χ4n) is 2.19. The van der Waals surface area contributed by atoms with Gasteiger partial charge in [-0.25, -0.2) is 0 Å². The summed E-state index contributed by atoms with van der Waals surface area (Å²) in [6.45, 7) is 5.03. The van der Waals surface area contributed by atoms with Crippen molar-refractivity contribution in [2.45, 2.75) is 44.8 Å². The molecule has 0 aromatic heterocycles. The monoisotopic (exact) mass is 200 g/mol. The molecule has 2 unspecified atom stereocenters. The quantitative estimate of drug-likeness (QED) is 0.701. The molecule has 1 heterocycles. The average Bonchev–Trinajstić information content (AvgIpc) is 2.66. The summed E-state index contributed by atoms with van der Waals surface area (Å²) in [6.07, 6.45) is 5.20. The maximum atomic E-state index is 5.62. The highest BCUT2D eigenvalue weighted by Crippen LogP contribution is 2.15. The molecule has 0 radical (unpaired) electrons. The van der Waals surface area contributed by atoms with Crippen LogP contribution in [0.15, 0.2) is 0 Å². The van der Waals surface area contributed by atoms with Crippen LogP contribution in [0.4, 0.5) is 0 Å². The first-order valence-corrected chi connectivity index (χ1v) is 5.79. The molecule has 3 heteroatoms. The Morgan fingerprint density at radius 1 is 1.57 bits per heavy atom. The van der Waals surface area contributed by atoms with Crippen LogP contribution in [-0.2, 0) is 4.74 Å². The number of rotatable bonds is 6. The Kier molecular flexibility index (Phi) is 5.45. The first kappa shape index (κ1) is 12.0. The van der Waals surface area contributed by atoms with Crippen molar-refractivity contribution in [3.63, 3.8) is 0 Å². The Balaban J connectivity index is 2.26. The first-order chi connectivity index (χ1) is 6.77. The minimum Gasteiger partial charge on any atom is -0.377 e. The third-order valence-corrected chi connectivity index (χ3v) is 3.11. The van der Waals surface area contributed by atoms with Crippen molar-refractivity contribution in [2.24, 2.45) is 5.73 Å². The van der Waals surface area contributed by atoms with Crippen molar-refractivity contribution >= 4 is 0 Å². The summed E-state index contributed by atoms with van der Waals surface area (Å²) < 4.78 is 5.62. The summed E-state index contributed by atoms with van der Waals surface area (Å²) in [4.78, 5) is 2.41. The first-order valence-electron chi connectivity index (χ1n) is 5.79. The highest BCUT2D eigenvalue weighted by molar-refractivity contribution is 4.74. The summed E-state index contributed by atoms with van der Waals surface area (Å²) in [7, 11) is 2.19. The van der Waals surface area contributed by atoms with E-state index in [9.17, 15) is 0 Å². The minimum absolute atomic E-state index is 0.465. The zero-order chi connectivity index (χ0) is 10.4. The van der Waals surface area contributed by atoms with Crippen LogP contribution in [0.1, 0.15) is 32.6 Å². The van der Waals surface area contributed by atoms with E-state index in [1.807, 2.05) is 0 Å². The Bertz CT molecular complexity index is 146. The topological polar surface area (TPSA) is 38.5 Å². The lowest BCUT2D eigenvalue weighted by Crippen LogP contribution is -2.38. The molecule has 1 aliphatic rings. The molecule has 0 aromatic carbocycles. The van der Waals surface area contributed by atoms with Gasteiger partial charge in [0.1, 0.15) is 0 Å². The van der Waals surface area contributed by atoms with E-state index in [2.05, 4.69) is 18.9 Å². The van der Waals surface area contributed by atoms with Crippen LogP contribution in [0, 0.1) is 0 Å². The van der Waals surface area contributed by atoms with Crippen LogP contribution in [0.5, 0.6) is 0 Å². The second kappa shape index (κ2) is 6.38. The molecule has 0 aliphatic carbocycles. The number of hydrogen-bond acceptors (Lipinski definition) is 3. The summed E-state index contributed by atoms with van der Waals surface area (Å²) >= 11 is 0. The van der Waals surface area contributed by atoms with Crippen molar-refractivity contribution in [3.8, 4) is 0 Å². The van der Waals surface area contributed by atoms with E-state index in [4.69, 9.17) is 10.5 Å². The van der Waals surface area contributed by atoms with E-state index < -0.39 is 0 Å². The molecule has 0 amide bonds. The molecular formula is C11H24N2O. The molecule has 0 bridgehead atoms. The second-order valence-corrected chi connectivity index (χ2v) is 4.21. The molecule has 14 heavy (non-hydrogen) atoms. The summed E-state index contributed by atoms with van der Waals surface area (Å²) in [5.41, 5.74) is 5.59. The van der Waals surface area contributed by atoms with Gasteiger partial charge in [0.25, 0.3) is 0 Å². The molecule has 84 valence electrons. The zero-order valence-corrected chi connectivity index (χ0v) is 9.54. The molecule has 0 aromatic rings. The van der Waals surface area contributed by atoms with Gasteiger partial charge in [0.05, 0.1) is 6.10 Å². The third-order valence-electron chi connectivity index (χ3n) is 3.11. The minimum atomic E-state index is 0.465. The highest BCUT2D eigenvalue weighted by atomic mass is 16.5. The Labute approximate surface area is 87.6 Å². The molecule has 1 saturated heterocycles. The van der Waals surface area contributed by atoms with Crippen molar-refractivity contribution in [1.29, 1.82) is 0 Å². The predicted molar refractivity (Wildman–Crippen MR) is 59.4 cm³/mol. The van der Waals surface area contributed by atoms with Crippen molar-refractivity contribution < 1.29 is 4.74 Å². The highest BCUT2D eigenvalue weighted by Gasteiger charge is 2.20. The number of hydrogen-bond donors (Lipinski definition) is 1. The average molecular weight is 200 g/mol. The molecular weight excluding hydrogens is 176 g/mol. The van der Waals surface area contributed by atoms with Crippen molar-refractivity contribution in [3.05, 3.63) is 0 Å². The van der Waals surface area contributed by atoms with Crippen LogP contribution in [0.25, 0.3) is 0 Å². The van der Waals surface area contributed by atoms with Gasteiger partial charge in [-0.1, -0.05) is 6.92 Å². The third kappa shape index (κ3) is 3.56. The van der Waals surface area contributed by atoms with Gasteiger partial charge in [-0.2, -0.15) is 0 Å². The molecule has 2 atom stereocenters. The van der Waals surface area contributed by atoms with Crippen molar-refractivity contribution in [2.75, 3.05) is 26.7 Å². The molecule has 0 spiro atoms. The van der Waals surface area contributed by atoms with Gasteiger partial charge < -0.3 is 15.4 Å². The van der Waals surface area contributed by atoms with Crippen LogP contribution in [0.3, 0.4) is 0 Å². The van der Waals surface area contributed by atoms with Crippen LogP contribution in [-0.4, -0.2) is 43.8 Å². The lowest BCUT2D eigenvalue weighted by Gasteiger charge is -2.28. The van der Waals surface area contributed by atoms with E-state index >= 15 is 0 Å². The number of ether oxygens (including phenoxy) is 1. The van der Waals surface area contributed by atoms with E-state index in [0.717, 1.165) is 26.1 Å². The van der Waals surface area contributed by atoms with E-state index in [1.54, 1.807) is 0 Å². The Hall–Kier alpha value is -0.120. The Morgan fingerprint density at radius 2 is 2.36 bits per heavy atom. The lowest BCUT2D eigenvalue weighted by molar-refractivity contribution is 0.0661. The zero-order valence-electron chi connectivity index (χ0n) is 9.54. The molecule has 1 aliphatic heterocycles. The fourth-order valence-corrected chi connectivity index (χ4v) is 2.19. The van der Waals surface area contributed by atoms with Gasteiger partial charge in [-0.15, -0.1) is 0 Å². The van der Waals surface area contributed by atoms with E-state index in [1.165, 1.54) is 19.3 Å². The maximum Gasteiger partial charge on any atom is 0.0702 e. The summed E-state index contributed by atoms with van der Waals surface area (Å²) in [5.74, 6) is 0. The van der Waals surface area contributed by atoms with Crippen LogP contribution >= 0.6 is 0 Å². The SMILES string of the molecule is CCC(CCN)N(C)CC1CCCO1. The van der Waals surface area contributed by atoms with Gasteiger partial charge in [0.15, 0.2) is 0 Å². The molecule has 2 N–H and O–H groups in total. The maximum absolute atomic E-state index is 5.62. The number of nitrogens with zero attached hydrogens (tertiary/aromatic N) is 1. The standard InChI is InChI=1S/C11H24N2O/c1-3-10(6-7-12)13(2)9-11-5-4-8-14-11/h10-11H,3-9,12H2,1-2H3. The van der Waals surface area contributed by atoms with Crippen molar-refractivity contribution in [1.82, 2.24) is 4.90 Å². The second-order valence-electron chi connectivity index (χ2n) is 4.21. The van der Waals surface area contributed by atoms with Gasteiger partial charge in [0, 0.05) is 19.2 Å². The van der Waals surface area contributed by atoms with E-state index in [-0.39, 0.29) is 0 Å². The fraction of sp³-hybridized carbons (Fsp3) is 1.00. The smallest absolute Gasteiger partial charge is 0.0702 e. The van der Waals surface area contributed by atoms with E-state index in [0.29, 0.717) is 12.1 Å². The van der Waals surface area contributed by atoms with Crippen LogP contribution in [0.2, 0.25) is 0 Å². The molecule has 1 fully saturated rings. The van der Waals surface area contributed by atoms with Gasteiger partial charge in [-0.3, -0.25) is 0 Å². The molecule has 3 nitrogen and oxygen atoms in total. The Morgan fingerprint density at radius 3 is 2.86 bits per heavy atom. The summed E-state index contributed by atoms with van der Waals surface area (Å²) in [6, 6.07) is 0.629. The largest absolute Gasteiger partial charge is 0.377 e. The number of nitrogens with two attached hydrogens (primary N) is 1. The van der Waals surface area contributed by atoms with Crippen LogP contribution < -0.4 is 5.73 Å². The normalized spacial score (nSPS) is 24.4. The van der Waals surface area contributed by atoms with Gasteiger partial charge in [0.2, 0.25) is 0 Å². The molecule has 0 saturated carbocycles. The lowest BCUT2D eigenvalue weighted by atomic mass is 10.1. The van der Waals surface area contributed by atoms with Gasteiger partial charge >= 0.3 is 0 Å². The molecule has 1 rings (SSSR count). The van der Waals surface area contributed by atoms with Gasteiger partial charge in [-0.05, 0) is 39.3 Å². The number of likely N-dealkylation sites (N-methyl/N-ethyl adjacent to an activating group) is 1. The summed E-state index contributed by atoms with van der Waals surface area (Å²) in [5, 5.41) is 0.